The summed E-state index contributed by atoms with van der Waals surface area (Å²) in [7, 11) is 1.71. The van der Waals surface area contributed by atoms with Crippen LogP contribution in [0.4, 0.5) is 0 Å². The van der Waals surface area contributed by atoms with Crippen LogP contribution >= 0.6 is 15.9 Å². The van der Waals surface area contributed by atoms with Crippen molar-refractivity contribution in [2.75, 3.05) is 26.9 Å². The van der Waals surface area contributed by atoms with Crippen molar-refractivity contribution < 1.29 is 19.4 Å². The second kappa shape index (κ2) is 10.9. The number of aliphatic carboxylic acids is 1. The zero-order valence-electron chi connectivity index (χ0n) is 16.8. The highest BCUT2D eigenvalue weighted by atomic mass is 79.9. The van der Waals surface area contributed by atoms with Gasteiger partial charge in [-0.3, -0.25) is 4.68 Å². The predicted octanol–water partition coefficient (Wildman–Crippen LogP) is 4.41. The highest BCUT2D eigenvalue weighted by Gasteiger charge is 2.25. The van der Waals surface area contributed by atoms with E-state index in [1.54, 1.807) is 7.11 Å². The Kier molecular flexibility index (Phi) is 8.27. The molecule has 0 aliphatic heterocycles. The molecule has 0 saturated heterocycles. The topological polar surface area (TPSA) is 73.6 Å². The molecule has 0 radical (unpaired) electrons. The average Bonchev–Trinajstić information content (AvgIpc) is 3.03. The Balaban J connectivity index is 1.66. The first-order valence-corrected chi connectivity index (χ1v) is 11.0. The number of benzene rings is 1. The smallest absolute Gasteiger partial charge is 0.329 e. The predicted molar refractivity (Wildman–Crippen MR) is 115 cm³/mol. The molecule has 6 nitrogen and oxygen atoms in total. The number of carboxylic acid groups (broad SMARTS) is 1. The van der Waals surface area contributed by atoms with Gasteiger partial charge in [0.2, 0.25) is 0 Å². The van der Waals surface area contributed by atoms with E-state index >= 15 is 0 Å². The minimum absolute atomic E-state index is 0.202. The van der Waals surface area contributed by atoms with Crippen LogP contribution in [0.1, 0.15) is 31.4 Å². The number of carbonyl (C=O) groups is 1. The van der Waals surface area contributed by atoms with Gasteiger partial charge in [-0.2, -0.15) is 5.10 Å². The molecule has 7 heteroatoms. The molecule has 0 amide bonds. The minimum atomic E-state index is -0.902. The van der Waals surface area contributed by atoms with Crippen LogP contribution < -0.4 is 0 Å². The van der Waals surface area contributed by atoms with Crippen molar-refractivity contribution in [1.82, 2.24) is 9.78 Å². The summed E-state index contributed by atoms with van der Waals surface area (Å²) < 4.78 is 13.7. The second-order valence-electron chi connectivity index (χ2n) is 7.70. The number of hydrogen-bond acceptors (Lipinski definition) is 4. The molecular weight excluding hydrogens is 436 g/mol. The molecule has 0 spiro atoms. The molecule has 3 rings (SSSR count). The zero-order chi connectivity index (χ0) is 20.6. The Morgan fingerprint density at radius 2 is 1.90 bits per heavy atom. The highest BCUT2D eigenvalue weighted by Crippen LogP contribution is 2.35. The maximum atomic E-state index is 10.6. The number of hydrogen-bond donors (Lipinski definition) is 1. The quantitative estimate of drug-likeness (QED) is 0.563. The lowest BCUT2D eigenvalue weighted by atomic mass is 9.82. The van der Waals surface area contributed by atoms with Crippen LogP contribution in [0.15, 0.2) is 34.8 Å². The second-order valence-corrected chi connectivity index (χ2v) is 8.49. The Hall–Kier alpha value is -1.70. The lowest BCUT2D eigenvalue weighted by molar-refractivity contribution is -0.142. The zero-order valence-corrected chi connectivity index (χ0v) is 18.4. The van der Waals surface area contributed by atoms with E-state index in [9.17, 15) is 4.79 Å². The van der Waals surface area contributed by atoms with Gasteiger partial charge in [-0.1, -0.05) is 30.3 Å². The lowest BCUT2D eigenvalue weighted by Gasteiger charge is -2.28. The summed E-state index contributed by atoms with van der Waals surface area (Å²) in [6, 6.07) is 10.4. The molecule has 29 heavy (non-hydrogen) atoms. The first-order valence-electron chi connectivity index (χ1n) is 10.2. The van der Waals surface area contributed by atoms with Crippen molar-refractivity contribution in [2.45, 2.75) is 38.6 Å². The van der Waals surface area contributed by atoms with Crippen LogP contribution in [0, 0.1) is 11.8 Å². The standard InChI is InChI=1S/C22H29BrN2O4/c1-28-12-11-19-21(23)22(18-5-3-2-4-6-18)25(24-19)13-16-7-9-17(10-8-16)14-29-15-20(26)27/h2-6,16-17H,7-15H2,1H3,(H,26,27)/t16-,17-. The van der Waals surface area contributed by atoms with Crippen molar-refractivity contribution in [1.29, 1.82) is 0 Å². The van der Waals surface area contributed by atoms with Crippen LogP contribution in [0.2, 0.25) is 0 Å². The normalized spacial score (nSPS) is 19.4. The Morgan fingerprint density at radius 3 is 2.55 bits per heavy atom. The van der Waals surface area contributed by atoms with Gasteiger partial charge in [0.15, 0.2) is 0 Å². The minimum Gasteiger partial charge on any atom is -0.480 e. The van der Waals surface area contributed by atoms with Gasteiger partial charge in [0.25, 0.3) is 0 Å². The first-order chi connectivity index (χ1) is 14.1. The number of aromatic nitrogens is 2. The van der Waals surface area contributed by atoms with Crippen molar-refractivity contribution >= 4 is 21.9 Å². The molecule has 1 N–H and O–H groups in total. The molecule has 1 aliphatic carbocycles. The summed E-state index contributed by atoms with van der Waals surface area (Å²) in [5, 5.41) is 13.6. The van der Waals surface area contributed by atoms with E-state index < -0.39 is 5.97 Å². The number of rotatable bonds is 10. The van der Waals surface area contributed by atoms with E-state index in [1.165, 1.54) is 0 Å². The molecule has 1 saturated carbocycles. The summed E-state index contributed by atoms with van der Waals surface area (Å²) in [6.07, 6.45) is 5.14. The van der Waals surface area contributed by atoms with Crippen molar-refractivity contribution in [2.24, 2.45) is 11.8 Å². The molecule has 158 valence electrons. The van der Waals surface area contributed by atoms with E-state index in [4.69, 9.17) is 19.7 Å². The maximum absolute atomic E-state index is 10.6. The third-order valence-corrected chi connectivity index (χ3v) is 6.36. The molecule has 1 heterocycles. The molecule has 1 aromatic heterocycles. The molecule has 1 aliphatic rings. The van der Waals surface area contributed by atoms with Crippen LogP contribution in [0.5, 0.6) is 0 Å². The van der Waals surface area contributed by atoms with E-state index in [1.807, 2.05) is 6.07 Å². The Labute approximate surface area is 180 Å². The fourth-order valence-electron chi connectivity index (χ4n) is 3.99. The Bertz CT molecular complexity index is 786. The lowest BCUT2D eigenvalue weighted by Crippen LogP contribution is -2.23. The van der Waals surface area contributed by atoms with Crippen molar-refractivity contribution in [3.63, 3.8) is 0 Å². The molecule has 0 unspecified atom stereocenters. The number of halogens is 1. The number of nitrogens with zero attached hydrogens (tertiary/aromatic N) is 2. The van der Waals surface area contributed by atoms with E-state index in [0.717, 1.165) is 60.1 Å². The number of ether oxygens (including phenoxy) is 2. The van der Waals surface area contributed by atoms with E-state index in [0.29, 0.717) is 25.0 Å². The number of carboxylic acids is 1. The SMILES string of the molecule is COCCc1nn(C[C@H]2CC[C@H](COCC(=O)O)CC2)c(-c2ccccc2)c1Br. The summed E-state index contributed by atoms with van der Waals surface area (Å²) >= 11 is 3.78. The van der Waals surface area contributed by atoms with E-state index in [-0.39, 0.29) is 6.61 Å². The van der Waals surface area contributed by atoms with Crippen molar-refractivity contribution in [3.05, 3.63) is 40.5 Å². The van der Waals surface area contributed by atoms with Crippen LogP contribution in [-0.2, 0) is 27.2 Å². The third kappa shape index (κ3) is 6.14. The first kappa shape index (κ1) is 22.0. The monoisotopic (exact) mass is 464 g/mol. The molecule has 1 fully saturated rings. The van der Waals surface area contributed by atoms with Gasteiger partial charge in [0.05, 0.1) is 29.1 Å². The molecule has 2 aromatic rings. The Morgan fingerprint density at radius 1 is 1.21 bits per heavy atom. The van der Waals surface area contributed by atoms with E-state index in [2.05, 4.69) is 44.9 Å². The molecule has 0 bridgehead atoms. The fourth-order valence-corrected chi connectivity index (χ4v) is 4.70. The van der Waals surface area contributed by atoms with Gasteiger partial charge < -0.3 is 14.6 Å². The molecule has 0 atom stereocenters. The summed E-state index contributed by atoms with van der Waals surface area (Å²) in [5.41, 5.74) is 3.32. The maximum Gasteiger partial charge on any atom is 0.329 e. The van der Waals surface area contributed by atoms with Gasteiger partial charge in [0, 0.05) is 25.6 Å². The number of methoxy groups -OCH3 is 1. The van der Waals surface area contributed by atoms with Crippen LogP contribution in [0.25, 0.3) is 11.3 Å². The highest BCUT2D eigenvalue weighted by molar-refractivity contribution is 9.10. The average molecular weight is 465 g/mol. The fraction of sp³-hybridized carbons (Fsp3) is 0.545. The molecular formula is C22H29BrN2O4. The van der Waals surface area contributed by atoms with Gasteiger partial charge >= 0.3 is 5.97 Å². The summed E-state index contributed by atoms with van der Waals surface area (Å²) in [6.45, 7) is 1.87. The van der Waals surface area contributed by atoms with Crippen LogP contribution in [-0.4, -0.2) is 47.8 Å². The van der Waals surface area contributed by atoms with Crippen molar-refractivity contribution in [3.8, 4) is 11.3 Å². The third-order valence-electron chi connectivity index (χ3n) is 5.53. The molecule has 1 aromatic carbocycles. The van der Waals surface area contributed by atoms with Gasteiger partial charge in [-0.25, -0.2) is 4.79 Å². The van der Waals surface area contributed by atoms with Crippen LogP contribution in [0.3, 0.4) is 0 Å². The van der Waals surface area contributed by atoms with Gasteiger partial charge in [-0.05, 0) is 53.4 Å². The van der Waals surface area contributed by atoms with Gasteiger partial charge in [-0.15, -0.1) is 0 Å². The summed E-state index contributed by atoms with van der Waals surface area (Å²) in [4.78, 5) is 10.6. The largest absolute Gasteiger partial charge is 0.480 e. The van der Waals surface area contributed by atoms with Gasteiger partial charge in [0.1, 0.15) is 6.61 Å². The summed E-state index contributed by atoms with van der Waals surface area (Å²) in [5.74, 6) is 0.122.